The van der Waals surface area contributed by atoms with Crippen molar-refractivity contribution >= 4 is 35.6 Å². The van der Waals surface area contributed by atoms with Crippen LogP contribution in [-0.2, 0) is 9.53 Å². The second kappa shape index (κ2) is 9.22. The number of nitrogens with two attached hydrogens (primary N) is 1. The van der Waals surface area contributed by atoms with Crippen molar-refractivity contribution in [3.8, 4) is 0 Å². The highest BCUT2D eigenvalue weighted by atomic mass is 35.5. The lowest BCUT2D eigenvalue weighted by atomic mass is 10.0. The van der Waals surface area contributed by atoms with Gasteiger partial charge in [0.05, 0.1) is 11.5 Å². The number of thiophene rings is 1. The second-order valence-electron chi connectivity index (χ2n) is 5.55. The Morgan fingerprint density at radius 3 is 2.61 bits per heavy atom. The number of aryl methyl sites for hydroxylation is 1. The predicted molar refractivity (Wildman–Crippen MR) is 93.2 cm³/mol. The minimum atomic E-state index is -0.606. The van der Waals surface area contributed by atoms with Gasteiger partial charge in [0.2, 0.25) is 5.91 Å². The molecular weight excluding hydrogens is 338 g/mol. The van der Waals surface area contributed by atoms with E-state index in [0.29, 0.717) is 13.1 Å². The number of likely N-dealkylation sites (tertiary alicyclic amines) is 1. The van der Waals surface area contributed by atoms with E-state index in [1.807, 2.05) is 19.1 Å². The molecule has 2 heterocycles. The van der Waals surface area contributed by atoms with Crippen molar-refractivity contribution in [1.82, 2.24) is 10.2 Å². The van der Waals surface area contributed by atoms with Crippen molar-refractivity contribution in [2.75, 3.05) is 26.8 Å². The number of piperidine rings is 1. The summed E-state index contributed by atoms with van der Waals surface area (Å²) in [6.45, 7) is 3.44. The summed E-state index contributed by atoms with van der Waals surface area (Å²) in [6, 6.07) is 3.29. The molecule has 1 aliphatic heterocycles. The molecule has 0 radical (unpaired) electrons. The summed E-state index contributed by atoms with van der Waals surface area (Å²) in [6.07, 6.45) is 1.50. The van der Waals surface area contributed by atoms with Gasteiger partial charge < -0.3 is 20.7 Å². The van der Waals surface area contributed by atoms with Crippen molar-refractivity contribution < 1.29 is 14.3 Å². The zero-order valence-corrected chi connectivity index (χ0v) is 15.0. The van der Waals surface area contributed by atoms with Crippen LogP contribution in [0.3, 0.4) is 0 Å². The Morgan fingerprint density at radius 2 is 2.09 bits per heavy atom. The maximum absolute atomic E-state index is 12.1. The van der Waals surface area contributed by atoms with E-state index in [1.165, 1.54) is 18.4 Å². The number of hydrogen-bond donors (Lipinski definition) is 2. The van der Waals surface area contributed by atoms with Crippen LogP contribution in [0.15, 0.2) is 12.1 Å². The molecule has 130 valence electrons. The zero-order chi connectivity index (χ0) is 16.1. The first-order valence-electron chi connectivity index (χ1n) is 7.42. The van der Waals surface area contributed by atoms with Crippen molar-refractivity contribution in [2.24, 2.45) is 5.73 Å². The second-order valence-corrected chi connectivity index (χ2v) is 6.83. The molecule has 0 spiro atoms. The van der Waals surface area contributed by atoms with Crippen LogP contribution in [0.25, 0.3) is 0 Å². The summed E-state index contributed by atoms with van der Waals surface area (Å²) in [5, 5.41) is 3.04. The fourth-order valence-electron chi connectivity index (χ4n) is 2.54. The number of amides is 2. The Bertz CT molecular complexity index is 530. The fraction of sp³-hybridized carbons (Fsp3) is 0.600. The van der Waals surface area contributed by atoms with Crippen molar-refractivity contribution in [1.29, 1.82) is 0 Å². The molecule has 1 saturated heterocycles. The van der Waals surface area contributed by atoms with Crippen LogP contribution in [0.5, 0.6) is 0 Å². The number of rotatable bonds is 5. The Morgan fingerprint density at radius 1 is 1.43 bits per heavy atom. The number of ether oxygens (including phenoxy) is 1. The Balaban J connectivity index is 0.00000264. The molecule has 0 aromatic carbocycles. The van der Waals surface area contributed by atoms with Crippen LogP contribution >= 0.6 is 23.7 Å². The molecule has 0 aliphatic carbocycles. The highest BCUT2D eigenvalue weighted by Crippen LogP contribution is 2.17. The predicted octanol–water partition coefficient (Wildman–Crippen LogP) is 1.17. The first kappa shape index (κ1) is 19.9. The van der Waals surface area contributed by atoms with E-state index in [2.05, 4.69) is 5.32 Å². The van der Waals surface area contributed by atoms with Crippen molar-refractivity contribution in [3.05, 3.63) is 21.9 Å². The van der Waals surface area contributed by atoms with Crippen LogP contribution in [0.2, 0.25) is 0 Å². The summed E-state index contributed by atoms with van der Waals surface area (Å²) in [7, 11) is 1.53. The average Bonchev–Trinajstić information content (AvgIpc) is 2.94. The molecule has 8 heteroatoms. The number of carbonyl (C=O) groups is 2. The van der Waals surface area contributed by atoms with E-state index >= 15 is 0 Å². The molecule has 3 N–H and O–H groups in total. The molecule has 1 aliphatic rings. The van der Waals surface area contributed by atoms with E-state index in [9.17, 15) is 9.59 Å². The van der Waals surface area contributed by atoms with Gasteiger partial charge in [-0.1, -0.05) is 0 Å². The van der Waals surface area contributed by atoms with Crippen LogP contribution in [0.4, 0.5) is 0 Å². The SMILES string of the molecule is COCC(N)C(=O)N1CCC(NC(=O)c2ccc(C)s2)CC1.Cl. The first-order chi connectivity index (χ1) is 10.5. The summed E-state index contributed by atoms with van der Waals surface area (Å²) in [5.74, 6) is -0.112. The minimum Gasteiger partial charge on any atom is -0.383 e. The molecule has 1 aromatic heterocycles. The largest absolute Gasteiger partial charge is 0.383 e. The van der Waals surface area contributed by atoms with Crippen LogP contribution < -0.4 is 11.1 Å². The van der Waals surface area contributed by atoms with E-state index in [4.69, 9.17) is 10.5 Å². The Kier molecular flexibility index (Phi) is 7.98. The van der Waals surface area contributed by atoms with Crippen molar-refractivity contribution in [2.45, 2.75) is 31.8 Å². The van der Waals surface area contributed by atoms with E-state index < -0.39 is 6.04 Å². The highest BCUT2D eigenvalue weighted by molar-refractivity contribution is 7.13. The lowest BCUT2D eigenvalue weighted by molar-refractivity contribution is -0.134. The van der Waals surface area contributed by atoms with Gasteiger partial charge in [0.1, 0.15) is 6.04 Å². The molecule has 23 heavy (non-hydrogen) atoms. The fourth-order valence-corrected chi connectivity index (χ4v) is 3.31. The summed E-state index contributed by atoms with van der Waals surface area (Å²) in [4.78, 5) is 27.8. The minimum absolute atomic E-state index is 0. The van der Waals surface area contributed by atoms with Crippen LogP contribution in [0.1, 0.15) is 27.4 Å². The summed E-state index contributed by atoms with van der Waals surface area (Å²) >= 11 is 1.49. The molecular formula is C15H24ClN3O3S. The third-order valence-corrected chi connectivity index (χ3v) is 4.77. The van der Waals surface area contributed by atoms with Gasteiger partial charge in [0.25, 0.3) is 5.91 Å². The van der Waals surface area contributed by atoms with Gasteiger partial charge in [0, 0.05) is 31.1 Å². The van der Waals surface area contributed by atoms with Gasteiger partial charge in [0.15, 0.2) is 0 Å². The van der Waals surface area contributed by atoms with Gasteiger partial charge in [-0.2, -0.15) is 0 Å². The van der Waals surface area contributed by atoms with Gasteiger partial charge in [-0.15, -0.1) is 23.7 Å². The smallest absolute Gasteiger partial charge is 0.261 e. The number of nitrogens with one attached hydrogen (secondary N) is 1. The maximum atomic E-state index is 12.1. The van der Waals surface area contributed by atoms with Crippen LogP contribution in [-0.4, -0.2) is 55.6 Å². The van der Waals surface area contributed by atoms with E-state index in [0.717, 1.165) is 22.6 Å². The van der Waals surface area contributed by atoms with Gasteiger partial charge in [-0.05, 0) is 31.9 Å². The molecule has 1 atom stereocenters. The van der Waals surface area contributed by atoms with Crippen molar-refractivity contribution in [3.63, 3.8) is 0 Å². The first-order valence-corrected chi connectivity index (χ1v) is 8.23. The summed E-state index contributed by atoms with van der Waals surface area (Å²) < 4.78 is 4.91. The van der Waals surface area contributed by atoms with Gasteiger partial charge in [-0.25, -0.2) is 0 Å². The Hall–Kier alpha value is -1.15. The number of nitrogens with zero attached hydrogens (tertiary/aromatic N) is 1. The number of carbonyl (C=O) groups excluding carboxylic acids is 2. The zero-order valence-electron chi connectivity index (χ0n) is 13.4. The number of hydrogen-bond acceptors (Lipinski definition) is 5. The van der Waals surface area contributed by atoms with E-state index in [-0.39, 0.29) is 36.9 Å². The normalized spacial score (nSPS) is 16.6. The molecule has 0 bridgehead atoms. The molecule has 0 saturated carbocycles. The number of halogens is 1. The molecule has 2 amide bonds. The molecule has 1 fully saturated rings. The lowest BCUT2D eigenvalue weighted by Gasteiger charge is -2.33. The third-order valence-electron chi connectivity index (χ3n) is 3.77. The van der Waals surface area contributed by atoms with E-state index in [1.54, 1.807) is 4.90 Å². The lowest BCUT2D eigenvalue weighted by Crippen LogP contribution is -2.52. The molecule has 1 unspecified atom stereocenters. The Labute approximate surface area is 146 Å². The highest BCUT2D eigenvalue weighted by Gasteiger charge is 2.27. The molecule has 6 nitrogen and oxygen atoms in total. The maximum Gasteiger partial charge on any atom is 0.261 e. The standard InChI is InChI=1S/C15H23N3O3S.ClH/c1-10-3-4-13(22-10)14(19)17-11-5-7-18(8-6-11)15(20)12(16)9-21-2;/h3-4,11-12H,5-9,16H2,1-2H3,(H,17,19);1H. The monoisotopic (exact) mass is 361 g/mol. The quantitative estimate of drug-likeness (QED) is 0.824. The van der Waals surface area contributed by atoms with Gasteiger partial charge in [-0.3, -0.25) is 9.59 Å². The molecule has 2 rings (SSSR count). The average molecular weight is 362 g/mol. The topological polar surface area (TPSA) is 84.7 Å². The number of methoxy groups -OCH3 is 1. The third kappa shape index (κ3) is 5.46. The van der Waals surface area contributed by atoms with Gasteiger partial charge >= 0.3 is 0 Å². The van der Waals surface area contributed by atoms with Crippen LogP contribution in [0, 0.1) is 6.92 Å². The molecule has 1 aromatic rings. The summed E-state index contributed by atoms with van der Waals surface area (Å²) in [5.41, 5.74) is 5.77.